The molecule has 1 aromatic heterocycles. The number of likely N-dealkylation sites (tertiary alicyclic amines) is 1. The molecule has 0 bridgehead atoms. The van der Waals surface area contributed by atoms with Gasteiger partial charge in [-0.3, -0.25) is 9.59 Å². The Kier molecular flexibility index (Phi) is 5.82. The summed E-state index contributed by atoms with van der Waals surface area (Å²) in [6.07, 6.45) is -0.735. The molecule has 0 saturated carbocycles. The highest BCUT2D eigenvalue weighted by Crippen LogP contribution is 2.47. The number of piperidine rings is 1. The summed E-state index contributed by atoms with van der Waals surface area (Å²) in [5.74, 6) is -0.748. The first-order valence-corrected chi connectivity index (χ1v) is 10.6. The van der Waals surface area contributed by atoms with Gasteiger partial charge in [0.15, 0.2) is 0 Å². The lowest BCUT2D eigenvalue weighted by molar-refractivity contribution is -0.137. The number of carbonyl (C=O) groups is 2. The van der Waals surface area contributed by atoms with E-state index in [0.29, 0.717) is 43.7 Å². The molecule has 2 saturated heterocycles. The highest BCUT2D eigenvalue weighted by molar-refractivity contribution is 5.94. The van der Waals surface area contributed by atoms with Crippen LogP contribution >= 0.6 is 0 Å². The van der Waals surface area contributed by atoms with Crippen molar-refractivity contribution in [3.8, 4) is 6.07 Å². The van der Waals surface area contributed by atoms with Crippen molar-refractivity contribution in [1.82, 2.24) is 10.2 Å². The van der Waals surface area contributed by atoms with Crippen molar-refractivity contribution in [2.45, 2.75) is 19.0 Å². The Bertz CT molecular complexity index is 1080. The van der Waals surface area contributed by atoms with Crippen LogP contribution in [0.4, 0.5) is 18.9 Å². The van der Waals surface area contributed by atoms with Crippen LogP contribution in [0.5, 0.6) is 0 Å². The van der Waals surface area contributed by atoms with Crippen LogP contribution in [0.1, 0.15) is 34.3 Å². The third-order valence-electron chi connectivity index (χ3n) is 6.82. The van der Waals surface area contributed by atoms with Crippen LogP contribution in [0.25, 0.3) is 0 Å². The maximum Gasteiger partial charge on any atom is 0.417 e. The number of hydrogen-bond donors (Lipinski definition) is 1. The van der Waals surface area contributed by atoms with Gasteiger partial charge in [-0.25, -0.2) is 0 Å². The van der Waals surface area contributed by atoms with Gasteiger partial charge in [-0.2, -0.15) is 18.4 Å². The molecule has 7 nitrogen and oxygen atoms in total. The molecule has 2 aliphatic rings. The average molecular weight is 460 g/mol. The third kappa shape index (κ3) is 4.15. The topological polar surface area (TPSA) is 89.6 Å². The molecular formula is C23H23F3N4O3. The van der Waals surface area contributed by atoms with E-state index < -0.39 is 28.6 Å². The molecular weight excluding hydrogens is 437 g/mol. The Morgan fingerprint density at radius 2 is 1.97 bits per heavy atom. The number of nitrogens with one attached hydrogen (secondary N) is 1. The van der Waals surface area contributed by atoms with Gasteiger partial charge in [-0.05, 0) is 37.1 Å². The number of carbonyl (C=O) groups excluding carboxylic acids is 2. The number of nitriles is 1. The number of nitrogens with zero attached hydrogens (tertiary/aromatic N) is 3. The van der Waals surface area contributed by atoms with Gasteiger partial charge in [0, 0.05) is 44.3 Å². The Hall–Kier alpha value is -3.48. The highest BCUT2D eigenvalue weighted by Gasteiger charge is 2.51. The van der Waals surface area contributed by atoms with Gasteiger partial charge in [-0.15, -0.1) is 0 Å². The maximum atomic E-state index is 13.5. The number of amides is 2. The van der Waals surface area contributed by atoms with Crippen molar-refractivity contribution in [3.63, 3.8) is 0 Å². The highest BCUT2D eigenvalue weighted by atomic mass is 19.4. The normalized spacial score (nSPS) is 20.0. The first kappa shape index (κ1) is 22.7. The van der Waals surface area contributed by atoms with E-state index in [1.54, 1.807) is 29.0 Å². The fourth-order valence-corrected chi connectivity index (χ4v) is 4.99. The molecule has 0 radical (unpaired) electrons. The summed E-state index contributed by atoms with van der Waals surface area (Å²) in [6.45, 7) is 1.53. The molecule has 1 aromatic carbocycles. The number of furan rings is 1. The molecule has 4 rings (SSSR count). The van der Waals surface area contributed by atoms with Crippen LogP contribution in [0.3, 0.4) is 0 Å². The smallest absolute Gasteiger partial charge is 0.417 e. The molecule has 2 aliphatic heterocycles. The van der Waals surface area contributed by atoms with Gasteiger partial charge in [0.2, 0.25) is 5.91 Å². The predicted octanol–water partition coefficient (Wildman–Crippen LogP) is 3.27. The van der Waals surface area contributed by atoms with Crippen LogP contribution in [0, 0.1) is 22.7 Å². The second-order valence-electron chi connectivity index (χ2n) is 8.55. The predicted molar refractivity (Wildman–Crippen MR) is 112 cm³/mol. The second kappa shape index (κ2) is 8.46. The zero-order chi connectivity index (χ0) is 23.8. The SMILES string of the molecule is CNC(=O)C1CN(c2ccc(C#N)c(C(F)(F)F)c2)CC12CCN(C(=O)c1ccoc1)CC2. The summed E-state index contributed by atoms with van der Waals surface area (Å²) in [6, 6.07) is 6.84. The quantitative estimate of drug-likeness (QED) is 0.760. The van der Waals surface area contributed by atoms with Crippen molar-refractivity contribution in [2.75, 3.05) is 38.1 Å². The Morgan fingerprint density at radius 3 is 2.55 bits per heavy atom. The number of hydrogen-bond acceptors (Lipinski definition) is 5. The summed E-state index contributed by atoms with van der Waals surface area (Å²) in [5.41, 5.74) is -1.11. The first-order chi connectivity index (χ1) is 15.7. The number of rotatable bonds is 3. The summed E-state index contributed by atoms with van der Waals surface area (Å²) in [4.78, 5) is 28.9. The number of anilines is 1. The van der Waals surface area contributed by atoms with Gasteiger partial charge < -0.3 is 19.5 Å². The van der Waals surface area contributed by atoms with E-state index in [0.717, 1.165) is 6.07 Å². The van der Waals surface area contributed by atoms with Crippen molar-refractivity contribution >= 4 is 17.5 Å². The second-order valence-corrected chi connectivity index (χ2v) is 8.55. The summed E-state index contributed by atoms with van der Waals surface area (Å²) in [5, 5.41) is 11.7. The zero-order valence-corrected chi connectivity index (χ0v) is 18.0. The van der Waals surface area contributed by atoms with Crippen molar-refractivity contribution < 1.29 is 27.2 Å². The standard InChI is InChI=1S/C23H23F3N4O3/c1-28-20(31)19-12-30(17-3-2-15(11-27)18(10-17)23(24,25)26)14-22(19)5-7-29(8-6-22)21(32)16-4-9-33-13-16/h2-4,9-10,13,19H,5-8,12,14H2,1H3,(H,28,31). The lowest BCUT2D eigenvalue weighted by atomic mass is 9.70. The fraction of sp³-hybridized carbons (Fsp3) is 0.435. The third-order valence-corrected chi connectivity index (χ3v) is 6.82. The molecule has 2 amide bonds. The lowest BCUT2D eigenvalue weighted by Crippen LogP contribution is -2.49. The van der Waals surface area contributed by atoms with Gasteiger partial charge in [0.05, 0.1) is 34.9 Å². The van der Waals surface area contributed by atoms with Crippen molar-refractivity contribution in [1.29, 1.82) is 5.26 Å². The molecule has 1 N–H and O–H groups in total. The molecule has 2 aromatic rings. The maximum absolute atomic E-state index is 13.5. The van der Waals surface area contributed by atoms with Gasteiger partial charge in [0.25, 0.3) is 5.91 Å². The van der Waals surface area contributed by atoms with E-state index in [1.165, 1.54) is 24.7 Å². The lowest BCUT2D eigenvalue weighted by Gasteiger charge is -2.41. The Balaban J connectivity index is 1.58. The minimum Gasteiger partial charge on any atom is -0.472 e. The van der Waals surface area contributed by atoms with Gasteiger partial charge >= 0.3 is 6.18 Å². The van der Waals surface area contributed by atoms with Gasteiger partial charge in [0.1, 0.15) is 6.26 Å². The first-order valence-electron chi connectivity index (χ1n) is 10.6. The van der Waals surface area contributed by atoms with Crippen molar-refractivity contribution in [3.05, 3.63) is 53.5 Å². The van der Waals surface area contributed by atoms with Crippen LogP contribution in [-0.2, 0) is 11.0 Å². The van der Waals surface area contributed by atoms with E-state index in [9.17, 15) is 22.8 Å². The van der Waals surface area contributed by atoms with Crippen LogP contribution < -0.4 is 10.2 Å². The largest absolute Gasteiger partial charge is 0.472 e. The zero-order valence-electron chi connectivity index (χ0n) is 18.0. The number of benzene rings is 1. The molecule has 0 aliphatic carbocycles. The minimum absolute atomic E-state index is 0.146. The van der Waals surface area contributed by atoms with Crippen molar-refractivity contribution in [2.24, 2.45) is 11.3 Å². The molecule has 10 heteroatoms. The van der Waals surface area contributed by atoms with Crippen LogP contribution in [0.15, 0.2) is 41.2 Å². The Morgan fingerprint density at radius 1 is 1.24 bits per heavy atom. The molecule has 2 fully saturated rings. The van der Waals surface area contributed by atoms with E-state index in [2.05, 4.69) is 5.32 Å². The van der Waals surface area contributed by atoms with Crippen LogP contribution in [-0.4, -0.2) is 49.9 Å². The Labute approximate surface area is 188 Å². The van der Waals surface area contributed by atoms with E-state index in [-0.39, 0.29) is 18.4 Å². The molecule has 174 valence electrons. The fourth-order valence-electron chi connectivity index (χ4n) is 4.99. The number of alkyl halides is 3. The molecule has 1 spiro atoms. The van der Waals surface area contributed by atoms with E-state index in [1.807, 2.05) is 0 Å². The number of halogens is 3. The average Bonchev–Trinajstić information content (AvgIpc) is 3.46. The van der Waals surface area contributed by atoms with E-state index in [4.69, 9.17) is 9.68 Å². The molecule has 33 heavy (non-hydrogen) atoms. The van der Waals surface area contributed by atoms with Gasteiger partial charge in [-0.1, -0.05) is 0 Å². The summed E-state index contributed by atoms with van der Waals surface area (Å²) < 4.78 is 45.4. The minimum atomic E-state index is -4.66. The summed E-state index contributed by atoms with van der Waals surface area (Å²) in [7, 11) is 1.54. The van der Waals surface area contributed by atoms with E-state index >= 15 is 0 Å². The summed E-state index contributed by atoms with van der Waals surface area (Å²) >= 11 is 0. The molecule has 1 atom stereocenters. The monoisotopic (exact) mass is 460 g/mol. The molecule has 1 unspecified atom stereocenters. The van der Waals surface area contributed by atoms with Crippen LogP contribution in [0.2, 0.25) is 0 Å². The molecule has 3 heterocycles.